The van der Waals surface area contributed by atoms with Crippen LogP contribution in [0.15, 0.2) is 18.2 Å². The molecule has 1 aromatic carbocycles. The Bertz CT molecular complexity index is 958. The zero-order valence-electron chi connectivity index (χ0n) is 18.6. The first-order chi connectivity index (χ1) is 15.5. The Morgan fingerprint density at radius 3 is 2.53 bits per heavy atom. The molecule has 0 aromatic heterocycles. The van der Waals surface area contributed by atoms with Crippen molar-refractivity contribution in [2.45, 2.75) is 70.1 Å². The summed E-state index contributed by atoms with van der Waals surface area (Å²) in [4.78, 5) is 41.3. The van der Waals surface area contributed by atoms with Crippen LogP contribution in [0.4, 0.5) is 0 Å². The van der Waals surface area contributed by atoms with Crippen LogP contribution >= 0.6 is 0 Å². The number of amides is 3. The molecular formula is C25H32N4O3. The molecule has 2 unspecified atom stereocenters. The van der Waals surface area contributed by atoms with E-state index in [0.717, 1.165) is 48.3 Å². The summed E-state index contributed by atoms with van der Waals surface area (Å²) in [7, 11) is 0. The van der Waals surface area contributed by atoms with Crippen LogP contribution in [0.25, 0.3) is 0 Å². The number of fused-ring (bicyclic) bond motifs is 1. The molecule has 1 aromatic rings. The van der Waals surface area contributed by atoms with Gasteiger partial charge >= 0.3 is 0 Å². The molecule has 1 aliphatic carbocycles. The minimum atomic E-state index is -0.551. The average molecular weight is 437 g/mol. The number of nitrogens with zero attached hydrogens (tertiary/aromatic N) is 2. The number of carbonyl (C=O) groups excluding carboxylic acids is 3. The molecule has 7 nitrogen and oxygen atoms in total. The van der Waals surface area contributed by atoms with Crippen LogP contribution in [-0.4, -0.2) is 59.2 Å². The monoisotopic (exact) mass is 436 g/mol. The van der Waals surface area contributed by atoms with E-state index in [0.29, 0.717) is 18.4 Å². The number of likely N-dealkylation sites (tertiary alicyclic amines) is 1. The standard InChI is InChI=1S/C25H32N4O3/c30-20-6-5-19(23(31)27-20)29-14-18-4-1-3-17(21(18)24(29)32)13-28-11-7-16(8-12-28)22-25(15-26-22)9-2-10-25/h1,3-4,16,19,22,26H,2,5-15H2,(H,27,30,31). The van der Waals surface area contributed by atoms with Gasteiger partial charge in [0.2, 0.25) is 11.8 Å². The van der Waals surface area contributed by atoms with Gasteiger partial charge in [0, 0.05) is 37.7 Å². The first kappa shape index (κ1) is 20.4. The predicted octanol–water partition coefficient (Wildman–Crippen LogP) is 1.80. The first-order valence-electron chi connectivity index (χ1n) is 12.3. The Kier molecular flexibility index (Phi) is 4.88. The number of piperidine rings is 2. The van der Waals surface area contributed by atoms with E-state index in [2.05, 4.69) is 21.6 Å². The van der Waals surface area contributed by atoms with E-state index >= 15 is 0 Å². The van der Waals surface area contributed by atoms with Crippen LogP contribution < -0.4 is 10.6 Å². The molecule has 3 amide bonds. The molecule has 5 aliphatic rings. The Morgan fingerprint density at radius 1 is 1.06 bits per heavy atom. The first-order valence-corrected chi connectivity index (χ1v) is 12.3. The van der Waals surface area contributed by atoms with E-state index in [1.807, 2.05) is 12.1 Å². The molecule has 1 saturated carbocycles. The molecule has 4 aliphatic heterocycles. The lowest BCUT2D eigenvalue weighted by Gasteiger charge is -2.60. The molecule has 4 fully saturated rings. The van der Waals surface area contributed by atoms with Gasteiger partial charge in [-0.05, 0) is 67.7 Å². The van der Waals surface area contributed by atoms with Crippen LogP contribution in [0.5, 0.6) is 0 Å². The molecular weight excluding hydrogens is 404 g/mol. The van der Waals surface area contributed by atoms with Crippen LogP contribution in [0, 0.1) is 11.3 Å². The fourth-order valence-electron chi connectivity index (χ4n) is 6.80. The topological polar surface area (TPSA) is 81.8 Å². The molecule has 2 atom stereocenters. The average Bonchev–Trinajstić information content (AvgIpc) is 3.05. The number of nitrogens with one attached hydrogen (secondary N) is 2. The van der Waals surface area contributed by atoms with E-state index in [1.165, 1.54) is 38.6 Å². The van der Waals surface area contributed by atoms with Gasteiger partial charge in [-0.25, -0.2) is 0 Å². The summed E-state index contributed by atoms with van der Waals surface area (Å²) in [6, 6.07) is 6.26. The summed E-state index contributed by atoms with van der Waals surface area (Å²) >= 11 is 0. The van der Waals surface area contributed by atoms with Crippen molar-refractivity contribution in [1.82, 2.24) is 20.4 Å². The minimum Gasteiger partial charge on any atom is -0.322 e. The maximum atomic E-state index is 13.3. The van der Waals surface area contributed by atoms with Crippen molar-refractivity contribution in [3.8, 4) is 0 Å². The fourth-order valence-corrected chi connectivity index (χ4v) is 6.80. The number of rotatable bonds is 4. The highest BCUT2D eigenvalue weighted by Crippen LogP contribution is 2.52. The summed E-state index contributed by atoms with van der Waals surface area (Å²) in [5, 5.41) is 6.12. The lowest BCUT2D eigenvalue weighted by atomic mass is 9.55. The van der Waals surface area contributed by atoms with Gasteiger partial charge < -0.3 is 10.2 Å². The Balaban J connectivity index is 1.12. The Labute approximate surface area is 188 Å². The third-order valence-corrected chi connectivity index (χ3v) is 8.82. The van der Waals surface area contributed by atoms with Crippen molar-refractivity contribution in [2.24, 2.45) is 11.3 Å². The number of hydrogen-bond donors (Lipinski definition) is 2. The van der Waals surface area contributed by atoms with E-state index < -0.39 is 6.04 Å². The zero-order chi connectivity index (χ0) is 21.9. The molecule has 0 radical (unpaired) electrons. The van der Waals surface area contributed by atoms with Crippen molar-refractivity contribution >= 4 is 17.7 Å². The third-order valence-electron chi connectivity index (χ3n) is 8.82. The van der Waals surface area contributed by atoms with E-state index in [9.17, 15) is 14.4 Å². The number of hydrogen-bond acceptors (Lipinski definition) is 5. The van der Waals surface area contributed by atoms with Crippen molar-refractivity contribution in [2.75, 3.05) is 19.6 Å². The maximum Gasteiger partial charge on any atom is 0.255 e. The maximum absolute atomic E-state index is 13.3. The molecule has 2 N–H and O–H groups in total. The largest absolute Gasteiger partial charge is 0.322 e. The van der Waals surface area contributed by atoms with Crippen molar-refractivity contribution in [3.05, 3.63) is 34.9 Å². The van der Waals surface area contributed by atoms with Gasteiger partial charge in [-0.15, -0.1) is 0 Å². The van der Waals surface area contributed by atoms with Gasteiger partial charge in [-0.3, -0.25) is 24.6 Å². The van der Waals surface area contributed by atoms with Gasteiger partial charge in [0.05, 0.1) is 0 Å². The van der Waals surface area contributed by atoms with Crippen LogP contribution in [0.3, 0.4) is 0 Å². The van der Waals surface area contributed by atoms with Gasteiger partial charge in [-0.1, -0.05) is 24.6 Å². The number of benzene rings is 1. The van der Waals surface area contributed by atoms with Gasteiger partial charge in [0.25, 0.3) is 5.91 Å². The third kappa shape index (κ3) is 3.20. The minimum absolute atomic E-state index is 0.0643. The molecule has 170 valence electrons. The Hall–Kier alpha value is -2.25. The lowest BCUT2D eigenvalue weighted by molar-refractivity contribution is -0.136. The summed E-state index contributed by atoms with van der Waals surface area (Å²) < 4.78 is 0. The van der Waals surface area contributed by atoms with Crippen molar-refractivity contribution < 1.29 is 14.4 Å². The molecule has 6 rings (SSSR count). The summed E-state index contributed by atoms with van der Waals surface area (Å²) in [6.45, 7) is 4.61. The second-order valence-electron chi connectivity index (χ2n) is 10.5. The van der Waals surface area contributed by atoms with Crippen LogP contribution in [0.1, 0.15) is 66.4 Å². The van der Waals surface area contributed by atoms with Gasteiger partial charge in [-0.2, -0.15) is 0 Å². The van der Waals surface area contributed by atoms with Crippen LogP contribution in [-0.2, 0) is 22.7 Å². The van der Waals surface area contributed by atoms with Gasteiger partial charge in [0.1, 0.15) is 6.04 Å². The summed E-state index contributed by atoms with van der Waals surface area (Å²) in [5.41, 5.74) is 3.46. The van der Waals surface area contributed by atoms with Crippen molar-refractivity contribution in [1.29, 1.82) is 0 Å². The predicted molar refractivity (Wildman–Crippen MR) is 119 cm³/mol. The van der Waals surface area contributed by atoms with E-state index in [4.69, 9.17) is 0 Å². The smallest absolute Gasteiger partial charge is 0.255 e. The van der Waals surface area contributed by atoms with Crippen molar-refractivity contribution in [3.63, 3.8) is 0 Å². The lowest BCUT2D eigenvalue weighted by Crippen LogP contribution is -2.68. The SMILES string of the molecule is O=C1CCC(N2Cc3cccc(CN4CCC(C5NCC56CCC6)CC4)c3C2=O)C(=O)N1. The highest BCUT2D eigenvalue weighted by Gasteiger charge is 2.53. The Morgan fingerprint density at radius 2 is 1.88 bits per heavy atom. The summed E-state index contributed by atoms with van der Waals surface area (Å²) in [6.07, 6.45) is 7.37. The van der Waals surface area contributed by atoms with E-state index in [-0.39, 0.29) is 24.1 Å². The fraction of sp³-hybridized carbons (Fsp3) is 0.640. The van der Waals surface area contributed by atoms with Gasteiger partial charge in [0.15, 0.2) is 0 Å². The molecule has 7 heteroatoms. The zero-order valence-corrected chi connectivity index (χ0v) is 18.6. The molecule has 4 heterocycles. The highest BCUT2D eigenvalue weighted by atomic mass is 16.2. The molecule has 1 spiro atoms. The molecule has 32 heavy (non-hydrogen) atoms. The highest BCUT2D eigenvalue weighted by molar-refractivity contribution is 6.05. The second kappa shape index (κ2) is 7.66. The summed E-state index contributed by atoms with van der Waals surface area (Å²) in [5.74, 6) is 0.122. The molecule has 3 saturated heterocycles. The molecule has 0 bridgehead atoms. The normalized spacial score (nSPS) is 30.1. The van der Waals surface area contributed by atoms with Crippen LogP contribution in [0.2, 0.25) is 0 Å². The quantitative estimate of drug-likeness (QED) is 0.704. The number of carbonyl (C=O) groups is 3. The second-order valence-corrected chi connectivity index (χ2v) is 10.5. The van der Waals surface area contributed by atoms with E-state index in [1.54, 1.807) is 4.90 Å². The number of imide groups is 1.